The van der Waals surface area contributed by atoms with E-state index >= 15 is 0 Å². The summed E-state index contributed by atoms with van der Waals surface area (Å²) in [7, 11) is -0.295. The van der Waals surface area contributed by atoms with E-state index in [2.05, 4.69) is 44.0 Å². The molecule has 0 aliphatic carbocycles. The fourth-order valence-electron chi connectivity index (χ4n) is 2.68. The van der Waals surface area contributed by atoms with Gasteiger partial charge in [0, 0.05) is 17.2 Å². The SMILES string of the molecule is CC1CC(C)(C)OB(c2cc3ccccc3[nH]2)O1. The molecule has 18 heavy (non-hydrogen) atoms. The maximum atomic E-state index is 6.01. The van der Waals surface area contributed by atoms with Crippen molar-refractivity contribution in [2.75, 3.05) is 0 Å². The van der Waals surface area contributed by atoms with Crippen molar-refractivity contribution in [1.29, 1.82) is 0 Å². The van der Waals surface area contributed by atoms with Crippen LogP contribution in [0.15, 0.2) is 30.3 Å². The summed E-state index contributed by atoms with van der Waals surface area (Å²) in [5, 5.41) is 1.19. The lowest BCUT2D eigenvalue weighted by atomic mass is 9.79. The number of fused-ring (bicyclic) bond motifs is 1. The van der Waals surface area contributed by atoms with Gasteiger partial charge in [-0.25, -0.2) is 0 Å². The van der Waals surface area contributed by atoms with Gasteiger partial charge in [0.05, 0.1) is 5.60 Å². The zero-order chi connectivity index (χ0) is 12.8. The predicted octanol–water partition coefficient (Wildman–Crippen LogP) is 2.47. The van der Waals surface area contributed by atoms with Crippen LogP contribution < -0.4 is 5.59 Å². The van der Waals surface area contributed by atoms with E-state index in [9.17, 15) is 0 Å². The lowest BCUT2D eigenvalue weighted by Gasteiger charge is -2.37. The number of nitrogens with one attached hydrogen (secondary N) is 1. The molecule has 4 heteroatoms. The average Bonchev–Trinajstić information content (AvgIpc) is 2.69. The molecule has 0 radical (unpaired) electrons. The first-order valence-electron chi connectivity index (χ1n) is 6.44. The first-order chi connectivity index (χ1) is 8.53. The van der Waals surface area contributed by atoms with Gasteiger partial charge >= 0.3 is 7.12 Å². The largest absolute Gasteiger partial charge is 0.511 e. The van der Waals surface area contributed by atoms with Crippen LogP contribution in [0.1, 0.15) is 27.2 Å². The van der Waals surface area contributed by atoms with Crippen molar-refractivity contribution in [3.05, 3.63) is 30.3 Å². The highest BCUT2D eigenvalue weighted by Gasteiger charge is 2.38. The lowest BCUT2D eigenvalue weighted by molar-refractivity contribution is -0.0232. The van der Waals surface area contributed by atoms with Crippen LogP contribution in [0.3, 0.4) is 0 Å². The van der Waals surface area contributed by atoms with Gasteiger partial charge in [0.15, 0.2) is 0 Å². The van der Waals surface area contributed by atoms with Crippen molar-refractivity contribution in [3.8, 4) is 0 Å². The molecular weight excluding hydrogens is 225 g/mol. The molecule has 1 aromatic heterocycles. The molecule has 1 atom stereocenters. The van der Waals surface area contributed by atoms with Crippen molar-refractivity contribution in [1.82, 2.24) is 4.98 Å². The maximum absolute atomic E-state index is 6.01. The summed E-state index contributed by atoms with van der Waals surface area (Å²) in [5.74, 6) is 0. The van der Waals surface area contributed by atoms with E-state index in [0.29, 0.717) is 0 Å². The zero-order valence-corrected chi connectivity index (χ0v) is 11.1. The van der Waals surface area contributed by atoms with Gasteiger partial charge in [-0.2, -0.15) is 0 Å². The number of benzene rings is 1. The summed E-state index contributed by atoms with van der Waals surface area (Å²) in [4.78, 5) is 3.37. The maximum Gasteiger partial charge on any atom is 0.511 e. The molecule has 1 aromatic carbocycles. The number of rotatable bonds is 1. The Kier molecular flexibility index (Phi) is 2.72. The van der Waals surface area contributed by atoms with E-state index in [1.807, 2.05) is 12.1 Å². The monoisotopic (exact) mass is 243 g/mol. The average molecular weight is 243 g/mol. The third-order valence-corrected chi connectivity index (χ3v) is 3.37. The Morgan fingerprint density at radius 3 is 2.83 bits per heavy atom. The van der Waals surface area contributed by atoms with E-state index in [0.717, 1.165) is 17.5 Å². The second kappa shape index (κ2) is 4.14. The van der Waals surface area contributed by atoms with Crippen LogP contribution in [0.25, 0.3) is 10.9 Å². The van der Waals surface area contributed by atoms with E-state index in [4.69, 9.17) is 9.31 Å². The van der Waals surface area contributed by atoms with Crippen molar-refractivity contribution < 1.29 is 9.31 Å². The van der Waals surface area contributed by atoms with Gasteiger partial charge in [-0.1, -0.05) is 18.2 Å². The molecule has 1 fully saturated rings. The molecule has 2 aromatic rings. The molecule has 0 saturated carbocycles. The molecule has 94 valence electrons. The number of hydrogen-bond donors (Lipinski definition) is 1. The summed E-state index contributed by atoms with van der Waals surface area (Å²) in [6, 6.07) is 10.3. The first kappa shape index (κ1) is 11.8. The Balaban J connectivity index is 1.94. The van der Waals surface area contributed by atoms with Crippen molar-refractivity contribution in [2.45, 2.75) is 38.9 Å². The Hall–Kier alpha value is -1.26. The van der Waals surface area contributed by atoms with E-state index in [1.54, 1.807) is 0 Å². The molecule has 2 heterocycles. The van der Waals surface area contributed by atoms with Crippen molar-refractivity contribution in [2.24, 2.45) is 0 Å². The standard InChI is InChI=1S/C14H18BNO2/c1-10-9-14(2,3)18-15(17-10)13-8-11-6-4-5-7-12(11)16-13/h4-8,10,16H,9H2,1-3H3. The van der Waals surface area contributed by atoms with Gasteiger partial charge in [0.1, 0.15) is 0 Å². The van der Waals surface area contributed by atoms with Crippen LogP contribution >= 0.6 is 0 Å². The Bertz CT molecular complexity index is 531. The Labute approximate surface area is 108 Å². The molecule has 1 saturated heterocycles. The predicted molar refractivity (Wildman–Crippen MR) is 74.0 cm³/mol. The number of aromatic nitrogens is 1. The second-order valence-electron chi connectivity index (χ2n) is 5.67. The number of H-pyrrole nitrogens is 1. The number of hydrogen-bond acceptors (Lipinski definition) is 2. The van der Waals surface area contributed by atoms with E-state index in [-0.39, 0.29) is 18.8 Å². The lowest BCUT2D eigenvalue weighted by Crippen LogP contribution is -2.52. The van der Waals surface area contributed by atoms with E-state index < -0.39 is 0 Å². The molecular formula is C14H18BNO2. The van der Waals surface area contributed by atoms with Gasteiger partial charge in [-0.05, 0) is 44.7 Å². The van der Waals surface area contributed by atoms with Crippen LogP contribution in [-0.2, 0) is 9.31 Å². The van der Waals surface area contributed by atoms with Gasteiger partial charge < -0.3 is 14.3 Å². The smallest absolute Gasteiger partial charge is 0.404 e. The molecule has 0 spiro atoms. The fourth-order valence-corrected chi connectivity index (χ4v) is 2.68. The minimum absolute atomic E-state index is 0.139. The van der Waals surface area contributed by atoms with Crippen LogP contribution in [0.4, 0.5) is 0 Å². The minimum atomic E-state index is -0.295. The third kappa shape index (κ3) is 2.18. The summed E-state index contributed by atoms with van der Waals surface area (Å²) >= 11 is 0. The molecule has 0 bridgehead atoms. The molecule has 1 aliphatic heterocycles. The van der Waals surface area contributed by atoms with Crippen LogP contribution in [0, 0.1) is 0 Å². The highest BCUT2D eigenvalue weighted by molar-refractivity contribution is 6.61. The van der Waals surface area contributed by atoms with Gasteiger partial charge in [0.25, 0.3) is 0 Å². The highest BCUT2D eigenvalue weighted by Crippen LogP contribution is 2.25. The van der Waals surface area contributed by atoms with Crippen molar-refractivity contribution in [3.63, 3.8) is 0 Å². The van der Waals surface area contributed by atoms with Crippen LogP contribution in [0.2, 0.25) is 0 Å². The molecule has 3 nitrogen and oxygen atoms in total. The van der Waals surface area contributed by atoms with Gasteiger partial charge in [0.2, 0.25) is 0 Å². The molecule has 1 unspecified atom stereocenters. The summed E-state index contributed by atoms with van der Waals surface area (Å²) in [6.45, 7) is 6.32. The number of aromatic amines is 1. The Morgan fingerprint density at radius 1 is 1.33 bits per heavy atom. The third-order valence-electron chi connectivity index (χ3n) is 3.37. The summed E-state index contributed by atoms with van der Waals surface area (Å²) in [6.07, 6.45) is 1.13. The van der Waals surface area contributed by atoms with Gasteiger partial charge in [-0.3, -0.25) is 0 Å². The molecule has 0 amide bonds. The molecule has 3 rings (SSSR count). The minimum Gasteiger partial charge on any atom is -0.404 e. The van der Waals surface area contributed by atoms with Crippen molar-refractivity contribution >= 4 is 23.6 Å². The second-order valence-corrected chi connectivity index (χ2v) is 5.67. The van der Waals surface area contributed by atoms with Crippen LogP contribution in [0.5, 0.6) is 0 Å². The molecule has 1 N–H and O–H groups in total. The van der Waals surface area contributed by atoms with Gasteiger partial charge in [-0.15, -0.1) is 0 Å². The topological polar surface area (TPSA) is 34.2 Å². The Morgan fingerprint density at radius 2 is 2.11 bits per heavy atom. The zero-order valence-electron chi connectivity index (χ0n) is 11.1. The normalized spacial score (nSPS) is 23.5. The van der Waals surface area contributed by atoms with Crippen LogP contribution in [-0.4, -0.2) is 23.8 Å². The number of para-hydroxylation sites is 1. The molecule has 1 aliphatic rings. The summed E-state index contributed by atoms with van der Waals surface area (Å²) < 4.78 is 11.9. The highest BCUT2D eigenvalue weighted by atomic mass is 16.6. The first-order valence-corrected chi connectivity index (χ1v) is 6.44. The summed E-state index contributed by atoms with van der Waals surface area (Å²) in [5.41, 5.74) is 1.98. The quantitative estimate of drug-likeness (QED) is 0.780. The fraction of sp³-hybridized carbons (Fsp3) is 0.429. The van der Waals surface area contributed by atoms with E-state index in [1.165, 1.54) is 5.39 Å².